The van der Waals surface area contributed by atoms with Gasteiger partial charge < -0.3 is 47.5 Å². The van der Waals surface area contributed by atoms with E-state index < -0.39 is 36.7 Å². The lowest BCUT2D eigenvalue weighted by Gasteiger charge is -2.20. The van der Waals surface area contributed by atoms with E-state index in [1.54, 1.807) is 0 Å². The predicted molar refractivity (Wildman–Crippen MR) is 97.2 cm³/mol. The summed E-state index contributed by atoms with van der Waals surface area (Å²) in [4.78, 5) is 37.7. The lowest BCUT2D eigenvalue weighted by Crippen LogP contribution is -2.47. The lowest BCUT2D eigenvalue weighted by atomic mass is 10.1. The van der Waals surface area contributed by atoms with E-state index in [1.165, 1.54) is 6.92 Å². The van der Waals surface area contributed by atoms with Crippen molar-refractivity contribution in [2.45, 2.75) is 38.0 Å². The Morgan fingerprint density at radius 3 is 2.52 bits per heavy atom. The van der Waals surface area contributed by atoms with Crippen LogP contribution in [0, 0.1) is 5.41 Å². The fourth-order valence-corrected chi connectivity index (χ4v) is 2.17. The number of hydrogen-bond acceptors (Lipinski definition) is 9. The summed E-state index contributed by atoms with van der Waals surface area (Å²) in [6.45, 7) is 0.534. The van der Waals surface area contributed by atoms with Crippen LogP contribution in [0.2, 0.25) is 0 Å². The Hall–Kier alpha value is -3.46. The van der Waals surface area contributed by atoms with Gasteiger partial charge in [-0.25, -0.2) is 9.59 Å². The number of carbonyl (C=O) groups is 3. The van der Waals surface area contributed by atoms with Crippen LogP contribution in [-0.4, -0.2) is 69.5 Å². The number of aliphatic hydroxyl groups excluding tert-OH is 1. The van der Waals surface area contributed by atoms with E-state index in [4.69, 9.17) is 31.6 Å². The van der Waals surface area contributed by atoms with Crippen molar-refractivity contribution < 1.29 is 29.1 Å². The molecule has 3 atom stereocenters. The maximum Gasteiger partial charge on any atom is 0.328 e. The van der Waals surface area contributed by atoms with Gasteiger partial charge in [0.05, 0.1) is 19.2 Å². The molecule has 162 valence electrons. The molecule has 15 heteroatoms. The highest BCUT2D eigenvalue weighted by atomic mass is 16.5. The summed E-state index contributed by atoms with van der Waals surface area (Å²) < 4.78 is 4.97. The minimum absolute atomic E-state index is 0.0133. The molecule has 11 N–H and O–H groups in total. The van der Waals surface area contributed by atoms with E-state index in [9.17, 15) is 14.4 Å². The summed E-state index contributed by atoms with van der Waals surface area (Å²) in [5.74, 6) is -1.80. The molecule has 0 radical (unpaired) electrons. The standard InChI is InChI=1S/C14H25N9O6/c1-6(25)20-7(3-18-13(16)17)2-8(15)11-22-10(29-23-11)4-19-14(28)21-9(5-24)12(26)27/h7-9,24H,2-5,15H2,1H3,(H,20,25)(H,26,27)(H4,16,17,18)(H2,19,21,28)/t7?,8-,9-/m0/s1. The molecule has 0 bridgehead atoms. The monoisotopic (exact) mass is 415 g/mol. The molecule has 1 aromatic rings. The third kappa shape index (κ3) is 8.85. The van der Waals surface area contributed by atoms with Crippen molar-refractivity contribution in [3.63, 3.8) is 0 Å². The zero-order valence-electron chi connectivity index (χ0n) is 15.6. The average Bonchev–Trinajstić information content (AvgIpc) is 3.10. The van der Waals surface area contributed by atoms with E-state index >= 15 is 0 Å². The summed E-state index contributed by atoms with van der Waals surface area (Å²) in [5, 5.41) is 38.1. The molecule has 29 heavy (non-hydrogen) atoms. The summed E-state index contributed by atoms with van der Waals surface area (Å²) >= 11 is 0. The predicted octanol–water partition coefficient (Wildman–Crippen LogP) is -3.31. The number of rotatable bonds is 11. The third-order valence-corrected chi connectivity index (χ3v) is 3.49. The van der Waals surface area contributed by atoms with Gasteiger partial charge in [-0.15, -0.1) is 0 Å². The van der Waals surface area contributed by atoms with E-state index in [1.807, 2.05) is 5.32 Å². The van der Waals surface area contributed by atoms with Crippen LogP contribution in [0.25, 0.3) is 0 Å². The van der Waals surface area contributed by atoms with Crippen molar-refractivity contribution in [3.8, 4) is 0 Å². The van der Waals surface area contributed by atoms with E-state index in [0.29, 0.717) is 0 Å². The first-order chi connectivity index (χ1) is 13.6. The van der Waals surface area contributed by atoms with Gasteiger partial charge >= 0.3 is 12.0 Å². The molecule has 0 aliphatic rings. The first kappa shape index (κ1) is 23.6. The third-order valence-electron chi connectivity index (χ3n) is 3.49. The van der Waals surface area contributed by atoms with Crippen molar-refractivity contribution in [1.29, 1.82) is 5.41 Å². The number of nitrogens with zero attached hydrogens (tertiary/aromatic N) is 2. The van der Waals surface area contributed by atoms with Gasteiger partial charge in [-0.2, -0.15) is 4.98 Å². The van der Waals surface area contributed by atoms with Crippen molar-refractivity contribution >= 4 is 23.9 Å². The maximum atomic E-state index is 11.6. The Morgan fingerprint density at radius 2 is 1.97 bits per heavy atom. The first-order valence-corrected chi connectivity index (χ1v) is 8.43. The van der Waals surface area contributed by atoms with Crippen molar-refractivity contribution in [3.05, 3.63) is 11.7 Å². The Kier molecular flexibility index (Phi) is 9.27. The highest BCUT2D eigenvalue weighted by Gasteiger charge is 2.22. The molecular formula is C14H25N9O6. The Morgan fingerprint density at radius 1 is 1.28 bits per heavy atom. The number of carboxylic acid groups (broad SMARTS) is 1. The van der Waals surface area contributed by atoms with Gasteiger partial charge in [-0.1, -0.05) is 5.16 Å². The largest absolute Gasteiger partial charge is 0.480 e. The molecule has 1 aromatic heterocycles. The second-order valence-electron chi connectivity index (χ2n) is 5.98. The number of urea groups is 1. The molecule has 0 saturated carbocycles. The van der Waals surface area contributed by atoms with Gasteiger partial charge in [0.2, 0.25) is 11.8 Å². The molecular weight excluding hydrogens is 390 g/mol. The fourth-order valence-electron chi connectivity index (χ4n) is 2.17. The van der Waals surface area contributed by atoms with Crippen LogP contribution in [0.5, 0.6) is 0 Å². The molecule has 3 amide bonds. The van der Waals surface area contributed by atoms with E-state index in [2.05, 4.69) is 26.1 Å². The minimum atomic E-state index is -1.45. The number of guanidine groups is 1. The molecule has 0 aromatic carbocycles. The number of carboxylic acids is 1. The normalized spacial score (nSPS) is 13.6. The van der Waals surface area contributed by atoms with Crippen LogP contribution in [0.3, 0.4) is 0 Å². The smallest absolute Gasteiger partial charge is 0.328 e. The zero-order valence-corrected chi connectivity index (χ0v) is 15.6. The fraction of sp³-hybridized carbons (Fsp3) is 0.571. The van der Waals surface area contributed by atoms with Gasteiger partial charge in [0.1, 0.15) is 0 Å². The average molecular weight is 415 g/mol. The summed E-state index contributed by atoms with van der Waals surface area (Å²) in [6.07, 6.45) is 0.212. The van der Waals surface area contributed by atoms with Crippen LogP contribution in [0.4, 0.5) is 4.79 Å². The van der Waals surface area contributed by atoms with Crippen molar-refractivity contribution in [2.75, 3.05) is 13.2 Å². The highest BCUT2D eigenvalue weighted by molar-refractivity contribution is 5.82. The van der Waals surface area contributed by atoms with Crippen LogP contribution < -0.4 is 32.7 Å². The molecule has 1 heterocycles. The Balaban J connectivity index is 2.59. The molecule has 1 rings (SSSR count). The van der Waals surface area contributed by atoms with Gasteiger partial charge in [0.25, 0.3) is 0 Å². The van der Waals surface area contributed by atoms with E-state index in [0.717, 1.165) is 0 Å². The molecule has 15 nitrogen and oxygen atoms in total. The van der Waals surface area contributed by atoms with Crippen LogP contribution in [0.15, 0.2) is 4.52 Å². The number of carbonyl (C=O) groups excluding carboxylic acids is 2. The molecule has 0 spiro atoms. The van der Waals surface area contributed by atoms with Gasteiger partial charge in [0.15, 0.2) is 17.8 Å². The SMILES string of the molecule is CC(=O)NC(CNC(=N)N)C[C@H](N)c1noc(CNC(=O)N[C@@H](CO)C(=O)O)n1. The quantitative estimate of drug-likeness (QED) is 0.128. The molecule has 0 fully saturated rings. The highest BCUT2D eigenvalue weighted by Crippen LogP contribution is 2.13. The topological polar surface area (TPSA) is 255 Å². The summed E-state index contributed by atoms with van der Waals surface area (Å²) in [7, 11) is 0. The number of nitrogens with two attached hydrogens (primary N) is 2. The van der Waals surface area contributed by atoms with Gasteiger partial charge in [-0.3, -0.25) is 10.2 Å². The number of amides is 3. The van der Waals surface area contributed by atoms with E-state index in [-0.39, 0.29) is 43.1 Å². The molecule has 0 aliphatic heterocycles. The molecule has 0 saturated heterocycles. The van der Waals surface area contributed by atoms with Crippen LogP contribution in [-0.2, 0) is 16.1 Å². The Labute approximate surface area is 165 Å². The summed E-state index contributed by atoms with van der Waals surface area (Å²) in [6, 6.07) is -3.48. The first-order valence-electron chi connectivity index (χ1n) is 8.43. The second-order valence-corrected chi connectivity index (χ2v) is 5.98. The number of aromatic nitrogens is 2. The number of aliphatic carboxylic acids is 1. The van der Waals surface area contributed by atoms with Gasteiger partial charge in [-0.05, 0) is 6.42 Å². The second kappa shape index (κ2) is 11.4. The molecule has 1 unspecified atom stereocenters. The summed E-state index contributed by atoms with van der Waals surface area (Å²) in [5.41, 5.74) is 11.3. The lowest BCUT2D eigenvalue weighted by molar-refractivity contribution is -0.140. The van der Waals surface area contributed by atoms with Crippen LogP contribution in [0.1, 0.15) is 31.1 Å². The number of hydrogen-bond donors (Lipinski definition) is 9. The van der Waals surface area contributed by atoms with Crippen LogP contribution >= 0.6 is 0 Å². The van der Waals surface area contributed by atoms with Gasteiger partial charge in [0, 0.05) is 19.5 Å². The minimum Gasteiger partial charge on any atom is -0.480 e. The number of aliphatic hydroxyl groups is 1. The number of nitrogens with one attached hydrogen (secondary N) is 5. The molecule has 0 aliphatic carbocycles. The Bertz CT molecular complexity index is 724. The van der Waals surface area contributed by atoms with Crippen molar-refractivity contribution in [2.24, 2.45) is 11.5 Å². The maximum absolute atomic E-state index is 11.6. The zero-order chi connectivity index (χ0) is 22.0. The van der Waals surface area contributed by atoms with Crippen molar-refractivity contribution in [1.82, 2.24) is 31.4 Å².